The van der Waals surface area contributed by atoms with Crippen LogP contribution in [0.25, 0.3) is 0 Å². The lowest BCUT2D eigenvalue weighted by Gasteiger charge is -2.33. The van der Waals surface area contributed by atoms with E-state index in [1.165, 1.54) is 0 Å². The largest absolute Gasteiger partial charge is 0.450 e. The second-order valence-corrected chi connectivity index (χ2v) is 19.6. The SMILES string of the molecule is CC(C)N(C[C@@H]1CN(C(=O)OC(C)(C)C)C[C@H]1CN(C(=O)Cc1ccccc1)C1CC1)C(=O)OCC[Si](C)(C)C. The van der Waals surface area contributed by atoms with Crippen molar-refractivity contribution >= 4 is 26.2 Å². The number of likely N-dealkylation sites (tertiary alicyclic amines) is 1. The fourth-order valence-electron chi connectivity index (χ4n) is 5.07. The normalized spacial score (nSPS) is 19.5. The molecule has 0 spiro atoms. The Morgan fingerprint density at radius 2 is 1.60 bits per heavy atom. The summed E-state index contributed by atoms with van der Waals surface area (Å²) in [7, 11) is -1.33. The molecule has 40 heavy (non-hydrogen) atoms. The molecular weight excluding hydrogens is 522 g/mol. The summed E-state index contributed by atoms with van der Waals surface area (Å²) in [6.45, 7) is 18.8. The van der Waals surface area contributed by atoms with Gasteiger partial charge in [0.25, 0.3) is 0 Å². The van der Waals surface area contributed by atoms with Crippen molar-refractivity contribution in [2.24, 2.45) is 11.8 Å². The third-order valence-corrected chi connectivity index (χ3v) is 9.24. The van der Waals surface area contributed by atoms with E-state index < -0.39 is 13.7 Å². The van der Waals surface area contributed by atoms with Gasteiger partial charge in [-0.15, -0.1) is 0 Å². The zero-order valence-corrected chi connectivity index (χ0v) is 26.9. The number of carbonyl (C=O) groups excluding carboxylic acids is 3. The highest BCUT2D eigenvalue weighted by Crippen LogP contribution is 2.33. The van der Waals surface area contributed by atoms with Gasteiger partial charge in [-0.05, 0) is 59.1 Å². The highest BCUT2D eigenvalue weighted by atomic mass is 28.3. The van der Waals surface area contributed by atoms with Crippen LogP contribution in [-0.2, 0) is 20.7 Å². The number of hydrogen-bond donors (Lipinski definition) is 0. The van der Waals surface area contributed by atoms with Gasteiger partial charge >= 0.3 is 12.2 Å². The summed E-state index contributed by atoms with van der Waals surface area (Å²) in [5.74, 6) is 0.156. The molecule has 0 aromatic heterocycles. The van der Waals surface area contributed by atoms with Gasteiger partial charge in [0.05, 0.1) is 13.0 Å². The summed E-state index contributed by atoms with van der Waals surface area (Å²) in [4.78, 5) is 45.3. The van der Waals surface area contributed by atoms with Crippen molar-refractivity contribution in [1.82, 2.24) is 14.7 Å². The lowest BCUT2D eigenvalue weighted by molar-refractivity contribution is -0.131. The Morgan fingerprint density at radius 1 is 1.00 bits per heavy atom. The predicted molar refractivity (Wildman–Crippen MR) is 161 cm³/mol. The molecule has 1 aromatic carbocycles. The number of benzene rings is 1. The molecule has 2 atom stereocenters. The Hall–Kier alpha value is -2.55. The minimum absolute atomic E-state index is 0.00485. The molecule has 0 unspecified atom stereocenters. The van der Waals surface area contributed by atoms with Crippen molar-refractivity contribution < 1.29 is 23.9 Å². The Morgan fingerprint density at radius 3 is 2.12 bits per heavy atom. The fourth-order valence-corrected chi connectivity index (χ4v) is 5.78. The topological polar surface area (TPSA) is 79.4 Å². The number of ether oxygens (including phenoxy) is 2. The molecule has 1 aliphatic heterocycles. The van der Waals surface area contributed by atoms with Gasteiger partial charge in [-0.25, -0.2) is 9.59 Å². The standard InChI is InChI=1S/C31H51N3O5Si/c1-23(2)33(30(37)38-16-17-40(6,7)8)21-25-19-32(29(36)39-31(3,4)5)20-26(25)22-34(27-14-15-27)28(35)18-24-12-10-9-11-13-24/h9-13,23,25-27H,14-22H2,1-8H3/t25-,26-/m0/s1. The van der Waals surface area contributed by atoms with E-state index in [9.17, 15) is 14.4 Å². The molecular formula is C31H51N3O5Si. The van der Waals surface area contributed by atoms with Gasteiger partial charge in [0.15, 0.2) is 0 Å². The van der Waals surface area contributed by atoms with E-state index in [4.69, 9.17) is 9.47 Å². The minimum atomic E-state index is -1.33. The van der Waals surface area contributed by atoms with E-state index in [1.807, 2.05) is 69.9 Å². The van der Waals surface area contributed by atoms with Gasteiger partial charge in [0.2, 0.25) is 5.91 Å². The fraction of sp³-hybridized carbons (Fsp3) is 0.710. The molecule has 0 bridgehead atoms. The average Bonchev–Trinajstić information content (AvgIpc) is 3.59. The summed E-state index contributed by atoms with van der Waals surface area (Å²) in [5, 5.41) is 0. The van der Waals surface area contributed by atoms with Crippen LogP contribution in [0.15, 0.2) is 30.3 Å². The first-order valence-corrected chi connectivity index (χ1v) is 18.6. The summed E-state index contributed by atoms with van der Waals surface area (Å²) in [6.07, 6.45) is 1.74. The van der Waals surface area contributed by atoms with Crippen molar-refractivity contribution in [2.45, 2.75) is 97.3 Å². The van der Waals surface area contributed by atoms with Crippen molar-refractivity contribution in [1.29, 1.82) is 0 Å². The molecule has 1 saturated carbocycles. The van der Waals surface area contributed by atoms with E-state index in [-0.39, 0.29) is 42.0 Å². The van der Waals surface area contributed by atoms with Gasteiger partial charge in [0.1, 0.15) is 5.60 Å². The van der Waals surface area contributed by atoms with E-state index in [2.05, 4.69) is 19.6 Å². The molecule has 224 valence electrons. The van der Waals surface area contributed by atoms with Gasteiger partial charge in [-0.2, -0.15) is 0 Å². The maximum Gasteiger partial charge on any atom is 0.410 e. The van der Waals surface area contributed by atoms with Crippen LogP contribution >= 0.6 is 0 Å². The first kappa shape index (κ1) is 32.0. The molecule has 1 saturated heterocycles. The van der Waals surface area contributed by atoms with Crippen molar-refractivity contribution in [3.63, 3.8) is 0 Å². The summed E-state index contributed by atoms with van der Waals surface area (Å²) in [5.41, 5.74) is 0.407. The van der Waals surface area contributed by atoms with Crippen LogP contribution in [0.1, 0.15) is 53.0 Å². The highest BCUT2D eigenvalue weighted by Gasteiger charge is 2.43. The molecule has 3 rings (SSSR count). The highest BCUT2D eigenvalue weighted by molar-refractivity contribution is 6.76. The Labute approximate surface area is 242 Å². The molecule has 1 heterocycles. The van der Waals surface area contributed by atoms with Crippen molar-refractivity contribution in [3.05, 3.63) is 35.9 Å². The zero-order chi connectivity index (χ0) is 29.7. The van der Waals surface area contributed by atoms with E-state index in [0.29, 0.717) is 39.2 Å². The Kier molecular flexibility index (Phi) is 10.7. The molecule has 9 heteroatoms. The third kappa shape index (κ3) is 10.1. The van der Waals surface area contributed by atoms with Crippen LogP contribution in [0.4, 0.5) is 9.59 Å². The van der Waals surface area contributed by atoms with Crippen LogP contribution < -0.4 is 0 Å². The number of hydrogen-bond acceptors (Lipinski definition) is 5. The minimum Gasteiger partial charge on any atom is -0.450 e. The number of carbonyl (C=O) groups is 3. The zero-order valence-electron chi connectivity index (χ0n) is 25.9. The van der Waals surface area contributed by atoms with Gasteiger partial charge in [-0.1, -0.05) is 50.0 Å². The van der Waals surface area contributed by atoms with Crippen LogP contribution in [0.3, 0.4) is 0 Å². The number of nitrogens with zero attached hydrogens (tertiary/aromatic N) is 3. The molecule has 2 aliphatic rings. The molecule has 2 fully saturated rings. The summed E-state index contributed by atoms with van der Waals surface area (Å²) in [6, 6.07) is 11.0. The Bertz CT molecular complexity index is 1000. The smallest absolute Gasteiger partial charge is 0.410 e. The van der Waals surface area contributed by atoms with Crippen LogP contribution in [0, 0.1) is 11.8 Å². The molecule has 0 radical (unpaired) electrons. The van der Waals surface area contributed by atoms with Gasteiger partial charge in [-0.3, -0.25) is 4.79 Å². The molecule has 1 aliphatic carbocycles. The lowest BCUT2D eigenvalue weighted by Crippen LogP contribution is -2.45. The monoisotopic (exact) mass is 573 g/mol. The van der Waals surface area contributed by atoms with Crippen LogP contribution in [-0.4, -0.2) is 91.3 Å². The van der Waals surface area contributed by atoms with Crippen LogP contribution in [0.5, 0.6) is 0 Å². The summed E-state index contributed by atoms with van der Waals surface area (Å²) < 4.78 is 11.4. The Balaban J connectivity index is 1.76. The molecule has 0 N–H and O–H groups in total. The van der Waals surface area contributed by atoms with Gasteiger partial charge < -0.3 is 24.2 Å². The van der Waals surface area contributed by atoms with Gasteiger partial charge in [0, 0.05) is 58.2 Å². The maximum absolute atomic E-state index is 13.5. The molecule has 3 amide bonds. The molecule has 8 nitrogen and oxygen atoms in total. The third-order valence-electron chi connectivity index (χ3n) is 7.53. The lowest BCUT2D eigenvalue weighted by atomic mass is 9.94. The first-order valence-electron chi connectivity index (χ1n) is 14.9. The average molecular weight is 574 g/mol. The van der Waals surface area contributed by atoms with E-state index >= 15 is 0 Å². The number of amides is 3. The van der Waals surface area contributed by atoms with Crippen molar-refractivity contribution in [2.75, 3.05) is 32.8 Å². The number of rotatable bonds is 11. The second-order valence-electron chi connectivity index (χ2n) is 14.0. The van der Waals surface area contributed by atoms with Crippen molar-refractivity contribution in [3.8, 4) is 0 Å². The molecule has 1 aromatic rings. The first-order chi connectivity index (χ1) is 18.6. The summed E-state index contributed by atoms with van der Waals surface area (Å²) >= 11 is 0. The van der Waals surface area contributed by atoms with E-state index in [0.717, 1.165) is 24.4 Å². The van der Waals surface area contributed by atoms with Crippen LogP contribution in [0.2, 0.25) is 25.7 Å². The maximum atomic E-state index is 13.5. The second kappa shape index (κ2) is 13.4. The predicted octanol–water partition coefficient (Wildman–Crippen LogP) is 5.89. The quantitative estimate of drug-likeness (QED) is 0.309. The van der Waals surface area contributed by atoms with E-state index in [1.54, 1.807) is 9.80 Å².